The van der Waals surface area contributed by atoms with Crippen molar-refractivity contribution in [2.24, 2.45) is 0 Å². The van der Waals surface area contributed by atoms with Crippen molar-refractivity contribution in [1.29, 1.82) is 0 Å². The maximum atomic E-state index is 11.2. The number of hydroxylamine groups is 1. The van der Waals surface area contributed by atoms with E-state index in [0.717, 1.165) is 16.6 Å². The molecule has 0 aliphatic heterocycles. The van der Waals surface area contributed by atoms with Crippen LogP contribution in [0.15, 0.2) is 30.3 Å². The van der Waals surface area contributed by atoms with E-state index >= 15 is 0 Å². The quantitative estimate of drug-likeness (QED) is 0.473. The Bertz CT molecular complexity index is 522. The van der Waals surface area contributed by atoms with Crippen molar-refractivity contribution in [3.63, 3.8) is 0 Å². The van der Waals surface area contributed by atoms with Crippen molar-refractivity contribution in [2.75, 3.05) is 7.11 Å². The van der Waals surface area contributed by atoms with Gasteiger partial charge in [0.25, 0.3) is 0 Å². The van der Waals surface area contributed by atoms with Crippen LogP contribution in [0.25, 0.3) is 10.9 Å². The zero-order chi connectivity index (χ0) is 11.5. The number of carbonyl (C=O) groups is 1. The van der Waals surface area contributed by atoms with Gasteiger partial charge in [0, 0.05) is 15.6 Å². The fraction of sp³-hybridized carbons (Fsp3) is 0.167. The van der Waals surface area contributed by atoms with Crippen molar-refractivity contribution in [2.45, 2.75) is 6.92 Å². The minimum Gasteiger partial charge on any atom is -0.350 e. The molecule has 2 aromatic rings. The highest BCUT2D eigenvalue weighted by molar-refractivity contribution is 5.89. The Balaban J connectivity index is 2.44. The number of aromatic nitrogens is 1. The number of nitrogens with zero attached hydrogens (tertiary/aromatic N) is 1. The van der Waals surface area contributed by atoms with Crippen LogP contribution >= 0.6 is 0 Å². The molecule has 1 heterocycles. The molecule has 4 nitrogen and oxygen atoms in total. The average molecular weight is 217 g/mol. The summed E-state index contributed by atoms with van der Waals surface area (Å²) < 4.78 is 1.19. The molecule has 16 heavy (non-hydrogen) atoms. The lowest BCUT2D eigenvalue weighted by molar-refractivity contribution is -0.708. The average Bonchev–Trinajstić information content (AvgIpc) is 2.67. The van der Waals surface area contributed by atoms with Crippen molar-refractivity contribution in [3.05, 3.63) is 36.0 Å². The molecule has 1 aromatic heterocycles. The molecule has 0 aliphatic rings. The van der Waals surface area contributed by atoms with Gasteiger partial charge in [-0.3, -0.25) is 4.84 Å². The van der Waals surface area contributed by atoms with Gasteiger partial charge in [0.15, 0.2) is 0 Å². The van der Waals surface area contributed by atoms with Gasteiger partial charge in [-0.25, -0.2) is 4.79 Å². The number of hydrogen-bond acceptors (Lipinski definition) is 2. The smallest absolute Gasteiger partial charge is 0.350 e. The van der Waals surface area contributed by atoms with Crippen LogP contribution in [-0.4, -0.2) is 29.0 Å². The van der Waals surface area contributed by atoms with Crippen LogP contribution in [0.2, 0.25) is 0 Å². The summed E-state index contributed by atoms with van der Waals surface area (Å²) in [6.07, 6.45) is 1.63. The van der Waals surface area contributed by atoms with Crippen molar-refractivity contribution in [3.8, 4) is 0 Å². The number of hydrogen-bond donors (Lipinski definition) is 1. The number of para-hydroxylation sites is 1. The molecule has 4 heteroatoms. The standard InChI is InChI=1S/C12H12N2O2/c1-9(15)14(16-2)8-11-7-10-5-3-4-6-12(10)13-11/h3-8H,1-2H3/p+1. The molecule has 0 aliphatic carbocycles. The molecule has 0 saturated heterocycles. The second kappa shape index (κ2) is 4.18. The van der Waals surface area contributed by atoms with Crippen molar-refractivity contribution < 1.29 is 14.4 Å². The number of carbonyl (C=O) groups excluding carboxylic acids is 1. The third-order valence-corrected chi connectivity index (χ3v) is 2.31. The Kier molecular flexibility index (Phi) is 2.72. The van der Waals surface area contributed by atoms with Gasteiger partial charge in [-0.05, 0) is 12.1 Å². The first kappa shape index (κ1) is 10.4. The fourth-order valence-electron chi connectivity index (χ4n) is 1.56. The minimum absolute atomic E-state index is 0.166. The van der Waals surface area contributed by atoms with Gasteiger partial charge >= 0.3 is 5.91 Å². The second-order valence-corrected chi connectivity index (χ2v) is 3.47. The summed E-state index contributed by atoms with van der Waals surface area (Å²) in [5.74, 6) is -0.166. The summed E-state index contributed by atoms with van der Waals surface area (Å²) in [7, 11) is 1.46. The summed E-state index contributed by atoms with van der Waals surface area (Å²) >= 11 is 0. The number of rotatable bonds is 2. The first-order valence-electron chi connectivity index (χ1n) is 4.97. The lowest BCUT2D eigenvalue weighted by Gasteiger charge is -1.90. The summed E-state index contributed by atoms with van der Waals surface area (Å²) in [5.41, 5.74) is 1.87. The van der Waals surface area contributed by atoms with Crippen LogP contribution in [0.3, 0.4) is 0 Å². The monoisotopic (exact) mass is 217 g/mol. The molecule has 0 radical (unpaired) electrons. The Morgan fingerprint density at radius 3 is 2.81 bits per heavy atom. The number of nitrogens with one attached hydrogen (secondary N) is 1. The third kappa shape index (κ3) is 1.95. The van der Waals surface area contributed by atoms with Crippen molar-refractivity contribution >= 4 is 23.0 Å². The third-order valence-electron chi connectivity index (χ3n) is 2.31. The van der Waals surface area contributed by atoms with E-state index in [9.17, 15) is 4.79 Å². The summed E-state index contributed by atoms with van der Waals surface area (Å²) in [6, 6.07) is 9.89. The molecule has 0 saturated carbocycles. The molecule has 1 N–H and O–H groups in total. The van der Waals surface area contributed by atoms with E-state index in [1.54, 1.807) is 6.21 Å². The van der Waals surface area contributed by atoms with Gasteiger partial charge in [0.2, 0.25) is 6.21 Å². The molecule has 0 spiro atoms. The maximum absolute atomic E-state index is 11.2. The summed E-state index contributed by atoms with van der Waals surface area (Å²) in [4.78, 5) is 19.3. The molecule has 0 fully saturated rings. The molecule has 0 bridgehead atoms. The van der Waals surface area contributed by atoms with Gasteiger partial charge in [-0.2, -0.15) is 0 Å². The van der Waals surface area contributed by atoms with Gasteiger partial charge in [0.1, 0.15) is 12.8 Å². The fourth-order valence-corrected chi connectivity index (χ4v) is 1.56. The number of fused-ring (bicyclic) bond motifs is 1. The van der Waals surface area contributed by atoms with Crippen LogP contribution in [0, 0.1) is 0 Å². The number of aromatic amines is 1. The number of H-pyrrole nitrogens is 1. The van der Waals surface area contributed by atoms with E-state index in [2.05, 4.69) is 4.98 Å². The van der Waals surface area contributed by atoms with E-state index in [4.69, 9.17) is 4.84 Å². The molecule has 82 valence electrons. The van der Waals surface area contributed by atoms with E-state index in [0.29, 0.717) is 0 Å². The first-order chi connectivity index (χ1) is 7.70. The Morgan fingerprint density at radius 1 is 1.44 bits per heavy atom. The molecular weight excluding hydrogens is 204 g/mol. The minimum atomic E-state index is -0.166. The lowest BCUT2D eigenvalue weighted by Crippen LogP contribution is -2.18. The van der Waals surface area contributed by atoms with Crippen LogP contribution in [-0.2, 0) is 9.63 Å². The normalized spacial score (nSPS) is 11.8. The molecule has 1 amide bonds. The van der Waals surface area contributed by atoms with Gasteiger partial charge < -0.3 is 4.98 Å². The predicted octanol–water partition coefficient (Wildman–Crippen LogP) is 1.71. The van der Waals surface area contributed by atoms with Gasteiger partial charge in [-0.1, -0.05) is 18.2 Å². The van der Waals surface area contributed by atoms with Crippen LogP contribution in [0.4, 0.5) is 0 Å². The zero-order valence-corrected chi connectivity index (χ0v) is 9.23. The SMILES string of the molecule is CO[N+](=Cc1cc2ccccc2[nH]1)C(C)=O. The predicted molar refractivity (Wildman–Crippen MR) is 61.4 cm³/mol. The largest absolute Gasteiger partial charge is 0.431 e. The highest BCUT2D eigenvalue weighted by atomic mass is 16.7. The molecule has 0 unspecified atom stereocenters. The molecule has 2 rings (SSSR count). The Hall–Kier alpha value is -2.10. The van der Waals surface area contributed by atoms with Crippen LogP contribution < -0.4 is 0 Å². The van der Waals surface area contributed by atoms with E-state index in [1.807, 2.05) is 30.3 Å². The molecule has 0 atom stereocenters. The topological polar surface area (TPSA) is 45.1 Å². The molecular formula is C12H13N2O2+. The van der Waals surface area contributed by atoms with Gasteiger partial charge in [0.05, 0.1) is 6.92 Å². The van der Waals surface area contributed by atoms with Crippen molar-refractivity contribution in [1.82, 2.24) is 4.98 Å². The second-order valence-electron chi connectivity index (χ2n) is 3.47. The zero-order valence-electron chi connectivity index (χ0n) is 9.23. The van der Waals surface area contributed by atoms with E-state index < -0.39 is 0 Å². The highest BCUT2D eigenvalue weighted by Crippen LogP contribution is 2.13. The van der Waals surface area contributed by atoms with Crippen LogP contribution in [0.1, 0.15) is 12.6 Å². The lowest BCUT2D eigenvalue weighted by atomic mass is 10.2. The van der Waals surface area contributed by atoms with E-state index in [1.165, 1.54) is 18.8 Å². The van der Waals surface area contributed by atoms with Gasteiger partial charge in [-0.15, -0.1) is 0 Å². The maximum Gasteiger partial charge on any atom is 0.431 e. The number of amides is 1. The molecule has 1 aromatic carbocycles. The van der Waals surface area contributed by atoms with Crippen LogP contribution in [0.5, 0.6) is 0 Å². The summed E-state index contributed by atoms with van der Waals surface area (Å²) in [5, 5.41) is 1.10. The highest BCUT2D eigenvalue weighted by Gasteiger charge is 2.12. The summed E-state index contributed by atoms with van der Waals surface area (Å²) in [6.45, 7) is 1.45. The van der Waals surface area contributed by atoms with E-state index in [-0.39, 0.29) is 5.91 Å². The Morgan fingerprint density at radius 2 is 2.19 bits per heavy atom. The first-order valence-corrected chi connectivity index (χ1v) is 4.97. The Labute approximate surface area is 93.1 Å². The number of benzene rings is 1.